The number of halogens is 1. The Balaban J connectivity index is 1.50. The SMILES string of the molecule is O=C(NNC(=O)c1ccco1)c1ccc(CSc2ccc(Cl)cc2)cc1. The fourth-order valence-electron chi connectivity index (χ4n) is 2.10. The van der Waals surface area contributed by atoms with Gasteiger partial charge in [-0.15, -0.1) is 11.8 Å². The number of carbonyl (C=O) groups excluding carboxylic acids is 2. The molecule has 1 aromatic heterocycles. The number of furan rings is 1. The van der Waals surface area contributed by atoms with E-state index in [0.29, 0.717) is 10.6 Å². The molecular weight excluding hydrogens is 372 g/mol. The predicted molar refractivity (Wildman–Crippen MR) is 101 cm³/mol. The highest BCUT2D eigenvalue weighted by atomic mass is 35.5. The van der Waals surface area contributed by atoms with Crippen molar-refractivity contribution < 1.29 is 14.0 Å². The number of nitrogens with one attached hydrogen (secondary N) is 2. The Morgan fingerprint density at radius 1 is 0.923 bits per heavy atom. The number of carbonyl (C=O) groups is 2. The summed E-state index contributed by atoms with van der Waals surface area (Å²) >= 11 is 7.55. The maximum atomic E-state index is 12.1. The quantitative estimate of drug-likeness (QED) is 0.506. The van der Waals surface area contributed by atoms with Crippen molar-refractivity contribution in [2.75, 3.05) is 0 Å². The largest absolute Gasteiger partial charge is 0.459 e. The summed E-state index contributed by atoms with van der Waals surface area (Å²) in [5.41, 5.74) is 6.19. The molecule has 7 heteroatoms. The molecule has 0 radical (unpaired) electrons. The Labute approximate surface area is 159 Å². The highest BCUT2D eigenvalue weighted by Gasteiger charge is 2.10. The van der Waals surface area contributed by atoms with E-state index in [1.54, 1.807) is 30.0 Å². The van der Waals surface area contributed by atoms with E-state index in [9.17, 15) is 9.59 Å². The second-order valence-electron chi connectivity index (χ2n) is 5.33. The van der Waals surface area contributed by atoms with Crippen molar-refractivity contribution in [3.63, 3.8) is 0 Å². The zero-order valence-electron chi connectivity index (χ0n) is 13.6. The second kappa shape index (κ2) is 8.60. The summed E-state index contributed by atoms with van der Waals surface area (Å²) in [4.78, 5) is 24.9. The smallest absolute Gasteiger partial charge is 0.305 e. The van der Waals surface area contributed by atoms with E-state index in [1.165, 1.54) is 12.3 Å². The van der Waals surface area contributed by atoms with Crippen molar-refractivity contribution in [2.24, 2.45) is 0 Å². The van der Waals surface area contributed by atoms with E-state index in [0.717, 1.165) is 16.2 Å². The minimum absolute atomic E-state index is 0.125. The van der Waals surface area contributed by atoms with Crippen LogP contribution in [-0.2, 0) is 5.75 Å². The van der Waals surface area contributed by atoms with Crippen LogP contribution in [-0.4, -0.2) is 11.8 Å². The molecule has 2 N–H and O–H groups in total. The van der Waals surface area contributed by atoms with Crippen molar-refractivity contribution in [2.45, 2.75) is 10.6 Å². The zero-order valence-corrected chi connectivity index (χ0v) is 15.1. The van der Waals surface area contributed by atoms with E-state index in [1.807, 2.05) is 36.4 Å². The highest BCUT2D eigenvalue weighted by molar-refractivity contribution is 7.98. The third-order valence-corrected chi connectivity index (χ3v) is 4.80. The minimum atomic E-state index is -0.515. The molecule has 26 heavy (non-hydrogen) atoms. The van der Waals surface area contributed by atoms with Gasteiger partial charge in [-0.1, -0.05) is 23.7 Å². The average Bonchev–Trinajstić information content (AvgIpc) is 3.21. The van der Waals surface area contributed by atoms with Crippen LogP contribution in [0.2, 0.25) is 5.02 Å². The van der Waals surface area contributed by atoms with Gasteiger partial charge in [0.2, 0.25) is 0 Å². The minimum Gasteiger partial charge on any atom is -0.459 e. The molecule has 1 heterocycles. The van der Waals surface area contributed by atoms with E-state index in [-0.39, 0.29) is 5.76 Å². The van der Waals surface area contributed by atoms with Crippen molar-refractivity contribution in [3.8, 4) is 0 Å². The molecule has 0 aliphatic heterocycles. The van der Waals surface area contributed by atoms with Crippen molar-refractivity contribution in [1.29, 1.82) is 0 Å². The van der Waals surface area contributed by atoms with E-state index in [2.05, 4.69) is 10.9 Å². The molecular formula is C19H15ClN2O3S. The van der Waals surface area contributed by atoms with Crippen LogP contribution in [0.1, 0.15) is 26.5 Å². The highest BCUT2D eigenvalue weighted by Crippen LogP contribution is 2.24. The van der Waals surface area contributed by atoms with Gasteiger partial charge in [0.15, 0.2) is 5.76 Å². The van der Waals surface area contributed by atoms with Crippen LogP contribution in [0.25, 0.3) is 0 Å². The number of thioether (sulfide) groups is 1. The fourth-order valence-corrected chi connectivity index (χ4v) is 3.09. The molecule has 2 aromatic carbocycles. The maximum Gasteiger partial charge on any atom is 0.305 e. The van der Waals surface area contributed by atoms with Crippen LogP contribution in [0.4, 0.5) is 0 Å². The summed E-state index contributed by atoms with van der Waals surface area (Å²) in [6, 6.07) is 17.9. The monoisotopic (exact) mass is 386 g/mol. The molecule has 0 spiro atoms. The van der Waals surface area contributed by atoms with Crippen molar-refractivity contribution in [1.82, 2.24) is 10.9 Å². The Hall–Kier alpha value is -2.70. The lowest BCUT2D eigenvalue weighted by molar-refractivity contribution is 0.0831. The molecule has 0 aliphatic carbocycles. The number of hydrogen-bond acceptors (Lipinski definition) is 4. The summed E-state index contributed by atoms with van der Waals surface area (Å²) < 4.78 is 4.95. The first-order valence-corrected chi connectivity index (χ1v) is 9.10. The molecule has 0 saturated carbocycles. The lowest BCUT2D eigenvalue weighted by atomic mass is 10.1. The van der Waals surface area contributed by atoms with Gasteiger partial charge in [-0.05, 0) is 54.1 Å². The molecule has 2 amide bonds. The summed E-state index contributed by atoms with van der Waals surface area (Å²) in [6.07, 6.45) is 1.39. The number of amides is 2. The fraction of sp³-hybridized carbons (Fsp3) is 0.0526. The van der Waals surface area contributed by atoms with Crippen LogP contribution >= 0.6 is 23.4 Å². The zero-order chi connectivity index (χ0) is 18.4. The first-order chi connectivity index (χ1) is 12.6. The third-order valence-electron chi connectivity index (χ3n) is 3.47. The van der Waals surface area contributed by atoms with Gasteiger partial charge in [0, 0.05) is 21.2 Å². The molecule has 0 bridgehead atoms. The Morgan fingerprint density at radius 3 is 2.27 bits per heavy atom. The van der Waals surface area contributed by atoms with Crippen molar-refractivity contribution >= 4 is 35.2 Å². The van der Waals surface area contributed by atoms with Gasteiger partial charge in [0.1, 0.15) is 0 Å². The number of hydrogen-bond donors (Lipinski definition) is 2. The summed E-state index contributed by atoms with van der Waals surface area (Å²) in [5.74, 6) is -0.0142. The molecule has 3 aromatic rings. The number of benzene rings is 2. The predicted octanol–water partition coefficient (Wildman–Crippen LogP) is 4.30. The van der Waals surface area contributed by atoms with E-state index in [4.69, 9.17) is 16.0 Å². The topological polar surface area (TPSA) is 71.3 Å². The molecule has 0 aliphatic rings. The molecule has 0 unspecified atom stereocenters. The Bertz CT molecular complexity index is 878. The molecule has 0 fully saturated rings. The van der Waals surface area contributed by atoms with Crippen LogP contribution < -0.4 is 10.9 Å². The normalized spacial score (nSPS) is 10.3. The van der Waals surface area contributed by atoms with Crippen LogP contribution in [0.5, 0.6) is 0 Å². The van der Waals surface area contributed by atoms with Crippen LogP contribution in [0, 0.1) is 0 Å². The van der Waals surface area contributed by atoms with Crippen molar-refractivity contribution in [3.05, 3.63) is 88.8 Å². The standard InChI is InChI=1S/C19H15ClN2O3S/c20-15-7-9-16(10-8-15)26-12-13-3-5-14(6-4-13)18(23)21-22-19(24)17-2-1-11-25-17/h1-11H,12H2,(H,21,23)(H,22,24). The summed E-state index contributed by atoms with van der Waals surface area (Å²) in [5, 5.41) is 0.712. The van der Waals surface area contributed by atoms with Gasteiger partial charge in [-0.2, -0.15) is 0 Å². The first-order valence-electron chi connectivity index (χ1n) is 7.73. The first kappa shape index (κ1) is 18.1. The number of rotatable bonds is 5. The molecule has 132 valence electrons. The molecule has 0 atom stereocenters. The lowest BCUT2D eigenvalue weighted by Gasteiger charge is -2.07. The third kappa shape index (κ3) is 4.91. The molecule has 5 nitrogen and oxygen atoms in total. The second-order valence-corrected chi connectivity index (χ2v) is 6.81. The Kier molecular flexibility index (Phi) is 5.99. The summed E-state index contributed by atoms with van der Waals surface area (Å²) in [7, 11) is 0. The van der Waals surface area contributed by atoms with Gasteiger partial charge in [0.05, 0.1) is 6.26 Å². The maximum absolute atomic E-state index is 12.1. The van der Waals surface area contributed by atoms with Crippen LogP contribution in [0.15, 0.2) is 76.2 Å². The van der Waals surface area contributed by atoms with E-state index >= 15 is 0 Å². The summed E-state index contributed by atoms with van der Waals surface area (Å²) in [6.45, 7) is 0. The lowest BCUT2D eigenvalue weighted by Crippen LogP contribution is -2.41. The van der Waals surface area contributed by atoms with Gasteiger partial charge in [0.25, 0.3) is 5.91 Å². The van der Waals surface area contributed by atoms with Gasteiger partial charge < -0.3 is 4.42 Å². The van der Waals surface area contributed by atoms with Crippen LogP contribution in [0.3, 0.4) is 0 Å². The van der Waals surface area contributed by atoms with Gasteiger partial charge in [-0.25, -0.2) is 0 Å². The molecule has 0 saturated heterocycles. The number of hydrazine groups is 1. The average molecular weight is 387 g/mol. The van der Waals surface area contributed by atoms with Gasteiger partial charge in [-0.3, -0.25) is 20.4 Å². The Morgan fingerprint density at radius 2 is 1.62 bits per heavy atom. The van der Waals surface area contributed by atoms with Gasteiger partial charge >= 0.3 is 5.91 Å². The molecule has 3 rings (SSSR count). The van der Waals surface area contributed by atoms with E-state index < -0.39 is 11.8 Å².